The van der Waals surface area contributed by atoms with E-state index in [-0.39, 0.29) is 30.4 Å². The van der Waals surface area contributed by atoms with Gasteiger partial charge in [-0.15, -0.1) is 0 Å². The first-order valence-electron chi connectivity index (χ1n) is 9.35. The molecule has 4 N–H and O–H groups in total. The minimum absolute atomic E-state index is 0.162. The second kappa shape index (κ2) is 7.03. The zero-order chi connectivity index (χ0) is 19.1. The summed E-state index contributed by atoms with van der Waals surface area (Å²) in [6, 6.07) is 5.29. The van der Waals surface area contributed by atoms with Crippen LogP contribution in [0.15, 0.2) is 18.2 Å². The van der Waals surface area contributed by atoms with Crippen LogP contribution in [0, 0.1) is 0 Å². The van der Waals surface area contributed by atoms with E-state index in [1.54, 1.807) is 4.90 Å². The molecular formula is C19H24N4O4. The third-order valence-corrected chi connectivity index (χ3v) is 5.75. The lowest BCUT2D eigenvalue weighted by atomic mass is 10.0. The van der Waals surface area contributed by atoms with Crippen molar-refractivity contribution in [3.8, 4) is 0 Å². The number of aliphatic hydroxyl groups excluding tert-OH is 1. The molecule has 3 atom stereocenters. The molecule has 3 amide bonds. The van der Waals surface area contributed by atoms with Gasteiger partial charge in [0.1, 0.15) is 6.04 Å². The number of rotatable bonds is 4. The quantitative estimate of drug-likeness (QED) is 0.605. The van der Waals surface area contributed by atoms with Gasteiger partial charge in [0, 0.05) is 44.2 Å². The molecule has 0 radical (unpaired) electrons. The maximum Gasteiger partial charge on any atom is 0.255 e. The Morgan fingerprint density at radius 1 is 1.26 bits per heavy atom. The van der Waals surface area contributed by atoms with Crippen LogP contribution in [0.4, 0.5) is 0 Å². The van der Waals surface area contributed by atoms with E-state index in [1.807, 2.05) is 18.2 Å². The largest absolute Gasteiger partial charge is 0.392 e. The van der Waals surface area contributed by atoms with E-state index in [9.17, 15) is 19.5 Å². The highest BCUT2D eigenvalue weighted by atomic mass is 16.3. The number of benzene rings is 1. The Labute approximate surface area is 157 Å². The van der Waals surface area contributed by atoms with Crippen LogP contribution >= 0.6 is 0 Å². The van der Waals surface area contributed by atoms with Gasteiger partial charge in [-0.3, -0.25) is 24.6 Å². The molecule has 4 rings (SSSR count). The summed E-state index contributed by atoms with van der Waals surface area (Å²) < 4.78 is 0. The highest BCUT2D eigenvalue weighted by Gasteiger charge is 2.39. The SMILES string of the molecule is NC[C@H]1C[C@@H](O)CN1Cc1ccc2c(c1)CN(C1CCC(=O)NC1=O)C2=O. The summed E-state index contributed by atoms with van der Waals surface area (Å²) in [5.74, 6) is -0.850. The molecule has 3 aliphatic rings. The molecule has 0 saturated carbocycles. The summed E-state index contributed by atoms with van der Waals surface area (Å²) in [6.07, 6.45) is 0.946. The van der Waals surface area contributed by atoms with Crippen molar-refractivity contribution in [3.63, 3.8) is 0 Å². The summed E-state index contributed by atoms with van der Waals surface area (Å²) in [7, 11) is 0. The zero-order valence-corrected chi connectivity index (χ0v) is 15.1. The number of carbonyl (C=O) groups excluding carboxylic acids is 3. The number of nitrogens with two attached hydrogens (primary N) is 1. The van der Waals surface area contributed by atoms with Crippen LogP contribution in [0.25, 0.3) is 0 Å². The highest BCUT2D eigenvalue weighted by Crippen LogP contribution is 2.29. The van der Waals surface area contributed by atoms with Crippen LogP contribution in [-0.2, 0) is 22.7 Å². The predicted octanol–water partition coefficient (Wildman–Crippen LogP) is -0.658. The summed E-state index contributed by atoms with van der Waals surface area (Å²) >= 11 is 0. The third kappa shape index (κ3) is 3.36. The Morgan fingerprint density at radius 2 is 2.07 bits per heavy atom. The van der Waals surface area contributed by atoms with Crippen molar-refractivity contribution in [1.29, 1.82) is 0 Å². The molecule has 0 bridgehead atoms. The Hall–Kier alpha value is -2.29. The molecular weight excluding hydrogens is 348 g/mol. The van der Waals surface area contributed by atoms with Gasteiger partial charge < -0.3 is 15.7 Å². The van der Waals surface area contributed by atoms with Crippen molar-refractivity contribution in [1.82, 2.24) is 15.1 Å². The molecule has 1 unspecified atom stereocenters. The standard InChI is InChI=1S/C19H24N4O4/c20-7-13-6-14(24)10-22(13)8-11-1-2-15-12(5-11)9-23(19(15)27)16-3-4-17(25)21-18(16)26/h1-2,5,13-14,16,24H,3-4,6-10,20H2,(H,21,25,26)/t13-,14-,16?/m1/s1. The number of nitrogens with one attached hydrogen (secondary N) is 1. The van der Waals surface area contributed by atoms with Crippen LogP contribution < -0.4 is 11.1 Å². The van der Waals surface area contributed by atoms with Gasteiger partial charge in [-0.2, -0.15) is 0 Å². The van der Waals surface area contributed by atoms with Gasteiger partial charge >= 0.3 is 0 Å². The minimum Gasteiger partial charge on any atom is -0.392 e. The van der Waals surface area contributed by atoms with Gasteiger partial charge in [0.15, 0.2) is 0 Å². The summed E-state index contributed by atoms with van der Waals surface area (Å²) in [5, 5.41) is 12.2. The van der Waals surface area contributed by atoms with E-state index in [0.717, 1.165) is 11.1 Å². The molecule has 8 heteroatoms. The number of imide groups is 1. The molecule has 2 fully saturated rings. The fraction of sp³-hybridized carbons (Fsp3) is 0.526. The Balaban J connectivity index is 1.49. The molecule has 0 aromatic heterocycles. The van der Waals surface area contributed by atoms with Crippen molar-refractivity contribution < 1.29 is 19.5 Å². The average Bonchev–Trinajstić information content (AvgIpc) is 3.14. The normalized spacial score (nSPS) is 28.6. The first-order valence-corrected chi connectivity index (χ1v) is 9.35. The maximum absolute atomic E-state index is 12.7. The van der Waals surface area contributed by atoms with E-state index in [2.05, 4.69) is 10.2 Å². The summed E-state index contributed by atoms with van der Waals surface area (Å²) in [6.45, 7) is 2.14. The highest BCUT2D eigenvalue weighted by molar-refractivity contribution is 6.05. The number of fused-ring (bicyclic) bond motifs is 1. The molecule has 1 aromatic carbocycles. The van der Waals surface area contributed by atoms with Gasteiger partial charge in [-0.25, -0.2) is 0 Å². The second-order valence-electron chi connectivity index (χ2n) is 7.60. The van der Waals surface area contributed by atoms with Crippen molar-refractivity contribution in [3.05, 3.63) is 34.9 Å². The van der Waals surface area contributed by atoms with Crippen molar-refractivity contribution in [2.24, 2.45) is 5.73 Å². The van der Waals surface area contributed by atoms with Crippen LogP contribution in [-0.4, -0.2) is 63.9 Å². The number of carbonyl (C=O) groups is 3. The number of hydrogen-bond donors (Lipinski definition) is 3. The smallest absolute Gasteiger partial charge is 0.255 e. The van der Waals surface area contributed by atoms with Crippen LogP contribution in [0.2, 0.25) is 0 Å². The number of piperidine rings is 1. The Kier molecular flexibility index (Phi) is 4.71. The number of likely N-dealkylation sites (tertiary alicyclic amines) is 1. The monoisotopic (exact) mass is 372 g/mol. The molecule has 3 aliphatic heterocycles. The summed E-state index contributed by atoms with van der Waals surface area (Å²) in [4.78, 5) is 39.9. The number of amides is 3. The lowest BCUT2D eigenvalue weighted by Gasteiger charge is -2.29. The average molecular weight is 372 g/mol. The number of hydrogen-bond acceptors (Lipinski definition) is 6. The van der Waals surface area contributed by atoms with Crippen LogP contribution in [0.1, 0.15) is 40.7 Å². The van der Waals surface area contributed by atoms with Crippen molar-refractivity contribution >= 4 is 17.7 Å². The van der Waals surface area contributed by atoms with E-state index in [0.29, 0.717) is 44.6 Å². The number of nitrogens with zero attached hydrogens (tertiary/aromatic N) is 2. The lowest BCUT2D eigenvalue weighted by Crippen LogP contribution is -2.52. The van der Waals surface area contributed by atoms with Crippen LogP contribution in [0.3, 0.4) is 0 Å². The Morgan fingerprint density at radius 3 is 2.81 bits per heavy atom. The van der Waals surface area contributed by atoms with Crippen LogP contribution in [0.5, 0.6) is 0 Å². The van der Waals surface area contributed by atoms with Crippen molar-refractivity contribution in [2.45, 2.75) is 50.5 Å². The number of aliphatic hydroxyl groups is 1. The maximum atomic E-state index is 12.7. The summed E-state index contributed by atoms with van der Waals surface area (Å²) in [5.41, 5.74) is 8.37. The molecule has 2 saturated heterocycles. The lowest BCUT2D eigenvalue weighted by molar-refractivity contribution is -0.136. The van der Waals surface area contributed by atoms with E-state index >= 15 is 0 Å². The number of β-amino-alcohol motifs (C(OH)–C–C–N with tert-alkyl or cyclic N) is 1. The molecule has 8 nitrogen and oxygen atoms in total. The molecule has 0 aliphatic carbocycles. The fourth-order valence-electron chi connectivity index (χ4n) is 4.36. The predicted molar refractivity (Wildman–Crippen MR) is 96.4 cm³/mol. The Bertz CT molecular complexity index is 796. The molecule has 0 spiro atoms. The fourth-order valence-corrected chi connectivity index (χ4v) is 4.36. The van der Waals surface area contributed by atoms with Gasteiger partial charge in [0.05, 0.1) is 6.10 Å². The molecule has 144 valence electrons. The molecule has 27 heavy (non-hydrogen) atoms. The topological polar surface area (TPSA) is 116 Å². The van der Waals surface area contributed by atoms with Gasteiger partial charge in [-0.05, 0) is 30.0 Å². The van der Waals surface area contributed by atoms with Crippen molar-refractivity contribution in [2.75, 3.05) is 13.1 Å². The second-order valence-corrected chi connectivity index (χ2v) is 7.60. The van der Waals surface area contributed by atoms with E-state index in [1.165, 1.54) is 0 Å². The van der Waals surface area contributed by atoms with Gasteiger partial charge in [0.2, 0.25) is 11.8 Å². The molecule has 1 aromatic rings. The first kappa shape index (κ1) is 18.1. The van der Waals surface area contributed by atoms with E-state index < -0.39 is 11.9 Å². The van der Waals surface area contributed by atoms with E-state index in [4.69, 9.17) is 5.73 Å². The van der Waals surface area contributed by atoms with Gasteiger partial charge in [-0.1, -0.05) is 12.1 Å². The minimum atomic E-state index is -0.596. The molecule has 3 heterocycles. The van der Waals surface area contributed by atoms with Gasteiger partial charge in [0.25, 0.3) is 5.91 Å². The first-order chi connectivity index (χ1) is 13.0. The zero-order valence-electron chi connectivity index (χ0n) is 15.1. The third-order valence-electron chi connectivity index (χ3n) is 5.75.